The van der Waals surface area contributed by atoms with Crippen LogP contribution >= 0.6 is 12.4 Å². The number of halogens is 1. The number of nitrogens with zero attached hydrogens (tertiary/aromatic N) is 3. The zero-order valence-corrected chi connectivity index (χ0v) is 11.8. The lowest BCUT2D eigenvalue weighted by Crippen LogP contribution is -2.25. The second-order valence-corrected chi connectivity index (χ2v) is 5.36. The fraction of sp³-hybridized carbons (Fsp3) is 0.538. The zero-order valence-electron chi connectivity index (χ0n) is 11.0. The Morgan fingerprint density at radius 3 is 2.80 bits per heavy atom. The summed E-state index contributed by atoms with van der Waals surface area (Å²) in [6.07, 6.45) is 1.61. The molecule has 0 amide bonds. The smallest absolute Gasteiger partial charge is 0.241 e. The van der Waals surface area contributed by atoms with Gasteiger partial charge in [-0.2, -0.15) is 4.98 Å². The molecule has 4 heterocycles. The Morgan fingerprint density at radius 1 is 1.30 bits per heavy atom. The van der Waals surface area contributed by atoms with Gasteiger partial charge in [-0.05, 0) is 37.1 Å². The van der Waals surface area contributed by atoms with E-state index in [-0.39, 0.29) is 12.4 Å². The molecule has 2 aromatic rings. The lowest BCUT2D eigenvalue weighted by molar-refractivity contribution is 0.253. The SMILES string of the molecule is Cl.c1coc(-c2noc(CN3C[C@H]4CNC[C@H]4C3)n2)c1. The van der Waals surface area contributed by atoms with Gasteiger partial charge in [-0.25, -0.2) is 0 Å². The molecule has 2 aliphatic heterocycles. The maximum atomic E-state index is 5.29. The second-order valence-electron chi connectivity index (χ2n) is 5.36. The quantitative estimate of drug-likeness (QED) is 0.923. The summed E-state index contributed by atoms with van der Waals surface area (Å²) in [5, 5.41) is 7.39. The molecule has 2 aromatic heterocycles. The van der Waals surface area contributed by atoms with Gasteiger partial charge < -0.3 is 14.3 Å². The summed E-state index contributed by atoms with van der Waals surface area (Å²) in [5.74, 6) is 3.41. The minimum atomic E-state index is 0. The molecule has 7 heteroatoms. The normalized spacial score (nSPS) is 25.6. The van der Waals surface area contributed by atoms with E-state index in [1.54, 1.807) is 6.26 Å². The van der Waals surface area contributed by atoms with Crippen LogP contribution in [0.2, 0.25) is 0 Å². The van der Waals surface area contributed by atoms with Crippen molar-refractivity contribution in [2.75, 3.05) is 26.2 Å². The number of rotatable bonds is 3. The van der Waals surface area contributed by atoms with Crippen LogP contribution in [0.4, 0.5) is 0 Å². The summed E-state index contributed by atoms with van der Waals surface area (Å²) in [6.45, 7) is 5.26. The van der Waals surface area contributed by atoms with E-state index in [0.29, 0.717) is 17.5 Å². The van der Waals surface area contributed by atoms with Crippen molar-refractivity contribution in [3.05, 3.63) is 24.3 Å². The van der Waals surface area contributed by atoms with Crippen LogP contribution in [0.5, 0.6) is 0 Å². The van der Waals surface area contributed by atoms with Gasteiger partial charge in [-0.1, -0.05) is 5.16 Å². The number of nitrogens with one attached hydrogen (secondary N) is 1. The molecule has 2 aliphatic rings. The highest BCUT2D eigenvalue weighted by atomic mass is 35.5. The van der Waals surface area contributed by atoms with Gasteiger partial charge in [-0.3, -0.25) is 4.90 Å². The van der Waals surface area contributed by atoms with Crippen LogP contribution in [-0.4, -0.2) is 41.2 Å². The maximum absolute atomic E-state index is 5.29. The van der Waals surface area contributed by atoms with Crippen molar-refractivity contribution in [2.45, 2.75) is 6.54 Å². The van der Waals surface area contributed by atoms with Crippen molar-refractivity contribution < 1.29 is 8.94 Å². The van der Waals surface area contributed by atoms with E-state index in [0.717, 1.165) is 44.6 Å². The maximum Gasteiger partial charge on any atom is 0.241 e. The van der Waals surface area contributed by atoms with Crippen molar-refractivity contribution in [2.24, 2.45) is 11.8 Å². The first-order chi connectivity index (χ1) is 9.38. The Balaban J connectivity index is 0.00000121. The van der Waals surface area contributed by atoms with Crippen LogP contribution in [0.1, 0.15) is 5.89 Å². The molecule has 0 radical (unpaired) electrons. The summed E-state index contributed by atoms with van der Waals surface area (Å²) in [6, 6.07) is 3.65. The van der Waals surface area contributed by atoms with Gasteiger partial charge in [0.1, 0.15) is 0 Å². The topological polar surface area (TPSA) is 67.3 Å². The first-order valence-corrected chi connectivity index (χ1v) is 6.68. The molecule has 4 rings (SSSR count). The molecule has 0 saturated carbocycles. The van der Waals surface area contributed by atoms with Crippen LogP contribution in [0, 0.1) is 11.8 Å². The van der Waals surface area contributed by atoms with Crippen LogP contribution in [0.15, 0.2) is 27.3 Å². The third-order valence-electron chi connectivity index (χ3n) is 4.03. The molecule has 0 bridgehead atoms. The Kier molecular flexibility index (Phi) is 3.78. The van der Waals surface area contributed by atoms with E-state index in [2.05, 4.69) is 20.4 Å². The highest BCUT2D eigenvalue weighted by molar-refractivity contribution is 5.85. The predicted octanol–water partition coefficient (Wildman–Crippen LogP) is 1.40. The molecule has 0 spiro atoms. The average Bonchev–Trinajstić information content (AvgIpc) is 3.12. The van der Waals surface area contributed by atoms with Crippen molar-refractivity contribution >= 4 is 12.4 Å². The number of hydrogen-bond acceptors (Lipinski definition) is 6. The monoisotopic (exact) mass is 296 g/mol. The van der Waals surface area contributed by atoms with Crippen LogP contribution in [0.25, 0.3) is 11.6 Å². The van der Waals surface area contributed by atoms with E-state index >= 15 is 0 Å². The molecule has 2 fully saturated rings. The predicted molar refractivity (Wildman–Crippen MR) is 74.4 cm³/mol. The molecule has 6 nitrogen and oxygen atoms in total. The number of fused-ring (bicyclic) bond motifs is 1. The minimum Gasteiger partial charge on any atom is -0.461 e. The lowest BCUT2D eigenvalue weighted by atomic mass is 10.0. The van der Waals surface area contributed by atoms with Gasteiger partial charge in [-0.15, -0.1) is 12.4 Å². The summed E-state index contributed by atoms with van der Waals surface area (Å²) in [5.41, 5.74) is 0. The summed E-state index contributed by atoms with van der Waals surface area (Å²) in [7, 11) is 0. The highest BCUT2D eigenvalue weighted by Gasteiger charge is 2.36. The van der Waals surface area contributed by atoms with Gasteiger partial charge in [0, 0.05) is 13.1 Å². The number of hydrogen-bond donors (Lipinski definition) is 1. The molecule has 0 aromatic carbocycles. The minimum absolute atomic E-state index is 0. The molecule has 20 heavy (non-hydrogen) atoms. The summed E-state index contributed by atoms with van der Waals surface area (Å²) in [4.78, 5) is 6.78. The molecule has 108 valence electrons. The standard InChI is InChI=1S/C13H16N4O2.ClH/c1-2-11(18-3-1)13-15-12(19-16-13)8-17-6-9-4-14-5-10(9)7-17;/h1-3,9-10,14H,4-8H2;1H/t9-,10+;. The first-order valence-electron chi connectivity index (χ1n) is 6.68. The van der Waals surface area contributed by atoms with Gasteiger partial charge in [0.2, 0.25) is 11.7 Å². The number of likely N-dealkylation sites (tertiary alicyclic amines) is 1. The Bertz CT molecular complexity index is 544. The summed E-state index contributed by atoms with van der Waals surface area (Å²) >= 11 is 0. The third-order valence-corrected chi connectivity index (χ3v) is 4.03. The van der Waals surface area contributed by atoms with Crippen molar-refractivity contribution in [1.29, 1.82) is 0 Å². The van der Waals surface area contributed by atoms with Crippen LogP contribution in [0.3, 0.4) is 0 Å². The molecule has 1 N–H and O–H groups in total. The van der Waals surface area contributed by atoms with Crippen LogP contribution < -0.4 is 5.32 Å². The largest absolute Gasteiger partial charge is 0.461 e. The van der Waals surface area contributed by atoms with Gasteiger partial charge in [0.05, 0.1) is 12.8 Å². The fourth-order valence-electron chi connectivity index (χ4n) is 3.10. The molecule has 2 atom stereocenters. The van der Waals surface area contributed by atoms with Gasteiger partial charge in [0.25, 0.3) is 0 Å². The van der Waals surface area contributed by atoms with Crippen molar-refractivity contribution in [3.8, 4) is 11.6 Å². The zero-order chi connectivity index (χ0) is 12.7. The average molecular weight is 297 g/mol. The highest BCUT2D eigenvalue weighted by Crippen LogP contribution is 2.27. The Hall–Kier alpha value is -1.37. The molecular formula is C13H17ClN4O2. The number of furan rings is 1. The molecule has 0 unspecified atom stereocenters. The van der Waals surface area contributed by atoms with Crippen molar-refractivity contribution in [3.63, 3.8) is 0 Å². The van der Waals surface area contributed by atoms with E-state index in [9.17, 15) is 0 Å². The van der Waals surface area contributed by atoms with Gasteiger partial charge >= 0.3 is 0 Å². The van der Waals surface area contributed by atoms with Crippen LogP contribution in [-0.2, 0) is 6.54 Å². The molecule has 2 saturated heterocycles. The van der Waals surface area contributed by atoms with Crippen molar-refractivity contribution in [1.82, 2.24) is 20.4 Å². The Morgan fingerprint density at radius 2 is 2.10 bits per heavy atom. The summed E-state index contributed by atoms with van der Waals surface area (Å²) < 4.78 is 10.6. The van der Waals surface area contributed by atoms with E-state index in [1.165, 1.54) is 0 Å². The van der Waals surface area contributed by atoms with E-state index < -0.39 is 0 Å². The fourth-order valence-corrected chi connectivity index (χ4v) is 3.10. The Labute approximate surface area is 122 Å². The molecule has 0 aliphatic carbocycles. The second kappa shape index (κ2) is 5.55. The first kappa shape index (κ1) is 13.6. The van der Waals surface area contributed by atoms with E-state index in [4.69, 9.17) is 8.94 Å². The lowest BCUT2D eigenvalue weighted by Gasteiger charge is -2.13. The van der Waals surface area contributed by atoms with Gasteiger partial charge in [0.15, 0.2) is 5.76 Å². The van der Waals surface area contributed by atoms with E-state index in [1.807, 2.05) is 12.1 Å². The third kappa shape index (κ3) is 2.46. The molecular weight excluding hydrogens is 280 g/mol. The number of aromatic nitrogens is 2.